The first-order valence-electron chi connectivity index (χ1n) is 9.44. The van der Waals surface area contributed by atoms with Crippen molar-refractivity contribution in [3.8, 4) is 17.0 Å². The Labute approximate surface area is 160 Å². The molecular formula is C22H24N4O. The number of rotatable bonds is 5. The highest BCUT2D eigenvalue weighted by Gasteiger charge is 2.18. The van der Waals surface area contributed by atoms with Gasteiger partial charge in [0.15, 0.2) is 0 Å². The summed E-state index contributed by atoms with van der Waals surface area (Å²) < 4.78 is 5.51. The van der Waals surface area contributed by atoms with Gasteiger partial charge >= 0.3 is 0 Å². The highest BCUT2D eigenvalue weighted by Crippen LogP contribution is 2.23. The SMILES string of the molecule is CCOc1ccc(-c2cncc(N3CCN(c4ccccc4)CC3)n2)cc1. The number of nitrogens with zero attached hydrogens (tertiary/aromatic N) is 4. The number of anilines is 2. The van der Waals surface area contributed by atoms with Gasteiger partial charge in [-0.3, -0.25) is 4.98 Å². The van der Waals surface area contributed by atoms with Gasteiger partial charge in [0.25, 0.3) is 0 Å². The van der Waals surface area contributed by atoms with E-state index in [-0.39, 0.29) is 0 Å². The Morgan fingerprint density at radius 2 is 1.56 bits per heavy atom. The molecule has 0 N–H and O–H groups in total. The first-order valence-corrected chi connectivity index (χ1v) is 9.44. The van der Waals surface area contributed by atoms with Crippen LogP contribution in [-0.2, 0) is 0 Å². The van der Waals surface area contributed by atoms with Gasteiger partial charge in [-0.1, -0.05) is 18.2 Å². The minimum atomic E-state index is 0.670. The summed E-state index contributed by atoms with van der Waals surface area (Å²) in [6, 6.07) is 18.6. The molecule has 2 heterocycles. The van der Waals surface area contributed by atoms with Gasteiger partial charge in [0, 0.05) is 37.4 Å². The number of benzene rings is 2. The highest BCUT2D eigenvalue weighted by atomic mass is 16.5. The normalized spacial score (nSPS) is 14.3. The van der Waals surface area contributed by atoms with Crippen molar-refractivity contribution in [3.63, 3.8) is 0 Å². The van der Waals surface area contributed by atoms with E-state index in [0.717, 1.165) is 49.0 Å². The van der Waals surface area contributed by atoms with Crippen LogP contribution in [0.25, 0.3) is 11.3 Å². The summed E-state index contributed by atoms with van der Waals surface area (Å²) in [4.78, 5) is 14.0. The van der Waals surface area contributed by atoms with Gasteiger partial charge in [0.1, 0.15) is 11.6 Å². The quantitative estimate of drug-likeness (QED) is 0.691. The molecule has 4 rings (SSSR count). The molecule has 27 heavy (non-hydrogen) atoms. The maximum absolute atomic E-state index is 5.51. The van der Waals surface area contributed by atoms with E-state index in [1.807, 2.05) is 43.6 Å². The summed E-state index contributed by atoms with van der Waals surface area (Å²) in [7, 11) is 0. The van der Waals surface area contributed by atoms with Gasteiger partial charge < -0.3 is 14.5 Å². The summed E-state index contributed by atoms with van der Waals surface area (Å²) in [6.45, 7) is 6.51. The second-order valence-corrected chi connectivity index (χ2v) is 6.53. The fourth-order valence-electron chi connectivity index (χ4n) is 3.37. The molecule has 1 fully saturated rings. The van der Waals surface area contributed by atoms with Crippen LogP contribution in [0.1, 0.15) is 6.92 Å². The molecule has 2 aromatic carbocycles. The smallest absolute Gasteiger partial charge is 0.147 e. The largest absolute Gasteiger partial charge is 0.494 e. The lowest BCUT2D eigenvalue weighted by Crippen LogP contribution is -2.46. The second-order valence-electron chi connectivity index (χ2n) is 6.53. The summed E-state index contributed by atoms with van der Waals surface area (Å²) in [5, 5.41) is 0. The topological polar surface area (TPSA) is 41.5 Å². The summed E-state index contributed by atoms with van der Waals surface area (Å²) in [5.41, 5.74) is 3.23. The van der Waals surface area contributed by atoms with Crippen LogP contribution in [0.3, 0.4) is 0 Å². The summed E-state index contributed by atoms with van der Waals surface area (Å²) >= 11 is 0. The Balaban J connectivity index is 1.45. The molecule has 1 aromatic heterocycles. The number of para-hydroxylation sites is 1. The predicted molar refractivity (Wildman–Crippen MR) is 110 cm³/mol. The highest BCUT2D eigenvalue weighted by molar-refractivity contribution is 5.61. The first kappa shape index (κ1) is 17.3. The number of aromatic nitrogens is 2. The molecule has 0 radical (unpaired) electrons. The molecule has 5 heteroatoms. The molecule has 0 atom stereocenters. The Kier molecular flexibility index (Phi) is 5.19. The first-order chi connectivity index (χ1) is 13.3. The second kappa shape index (κ2) is 8.08. The van der Waals surface area contributed by atoms with Crippen LogP contribution in [0.2, 0.25) is 0 Å². The monoisotopic (exact) mass is 360 g/mol. The van der Waals surface area contributed by atoms with Crippen molar-refractivity contribution in [2.45, 2.75) is 6.92 Å². The maximum atomic E-state index is 5.51. The van der Waals surface area contributed by atoms with Gasteiger partial charge in [-0.25, -0.2) is 4.98 Å². The van der Waals surface area contributed by atoms with Gasteiger partial charge in [0.05, 0.1) is 24.7 Å². The minimum absolute atomic E-state index is 0.670. The third kappa shape index (κ3) is 4.03. The molecule has 0 amide bonds. The molecule has 1 saturated heterocycles. The fraction of sp³-hybridized carbons (Fsp3) is 0.273. The van der Waals surface area contributed by atoms with Crippen LogP contribution in [0, 0.1) is 0 Å². The molecule has 0 aliphatic carbocycles. The molecule has 3 aromatic rings. The third-order valence-corrected chi connectivity index (χ3v) is 4.81. The molecule has 0 unspecified atom stereocenters. The molecule has 5 nitrogen and oxygen atoms in total. The van der Waals surface area contributed by atoms with Crippen molar-refractivity contribution >= 4 is 11.5 Å². The minimum Gasteiger partial charge on any atom is -0.494 e. The van der Waals surface area contributed by atoms with E-state index in [1.165, 1.54) is 5.69 Å². The van der Waals surface area contributed by atoms with Crippen molar-refractivity contribution in [1.82, 2.24) is 9.97 Å². The lowest BCUT2D eigenvalue weighted by molar-refractivity contribution is 0.340. The van der Waals surface area contributed by atoms with Crippen LogP contribution in [-0.4, -0.2) is 42.8 Å². The predicted octanol–water partition coefficient (Wildman–Crippen LogP) is 3.87. The van der Waals surface area contributed by atoms with E-state index >= 15 is 0 Å². The summed E-state index contributed by atoms with van der Waals surface area (Å²) in [5.74, 6) is 1.82. The maximum Gasteiger partial charge on any atom is 0.147 e. The van der Waals surface area contributed by atoms with Gasteiger partial charge in [-0.05, 0) is 43.3 Å². The number of hydrogen-bond acceptors (Lipinski definition) is 5. The molecule has 0 bridgehead atoms. The van der Waals surface area contributed by atoms with E-state index in [9.17, 15) is 0 Å². The van der Waals surface area contributed by atoms with Crippen molar-refractivity contribution in [2.75, 3.05) is 42.6 Å². The fourth-order valence-corrected chi connectivity index (χ4v) is 3.37. The standard InChI is InChI=1S/C22H24N4O/c1-2-27-20-10-8-18(9-11-20)21-16-23-17-22(24-21)26-14-12-25(13-15-26)19-6-4-3-5-7-19/h3-11,16-17H,2,12-15H2,1H3. The zero-order valence-electron chi connectivity index (χ0n) is 15.6. The van der Waals surface area contributed by atoms with Crippen LogP contribution in [0.15, 0.2) is 67.0 Å². The molecule has 1 aliphatic heterocycles. The number of ether oxygens (including phenoxy) is 1. The molecule has 0 saturated carbocycles. The van der Waals surface area contributed by atoms with E-state index in [2.05, 4.69) is 45.1 Å². The van der Waals surface area contributed by atoms with Crippen LogP contribution >= 0.6 is 0 Å². The Morgan fingerprint density at radius 3 is 2.26 bits per heavy atom. The molecular weight excluding hydrogens is 336 g/mol. The van der Waals surface area contributed by atoms with Crippen LogP contribution in [0.5, 0.6) is 5.75 Å². The van der Waals surface area contributed by atoms with Crippen molar-refractivity contribution in [1.29, 1.82) is 0 Å². The zero-order valence-corrected chi connectivity index (χ0v) is 15.6. The van der Waals surface area contributed by atoms with E-state index < -0.39 is 0 Å². The molecule has 138 valence electrons. The zero-order chi connectivity index (χ0) is 18.5. The Morgan fingerprint density at radius 1 is 0.852 bits per heavy atom. The van der Waals surface area contributed by atoms with Crippen molar-refractivity contribution in [3.05, 3.63) is 67.0 Å². The van der Waals surface area contributed by atoms with Crippen molar-refractivity contribution in [2.24, 2.45) is 0 Å². The average molecular weight is 360 g/mol. The average Bonchev–Trinajstić information content (AvgIpc) is 2.75. The van der Waals surface area contributed by atoms with E-state index in [0.29, 0.717) is 6.61 Å². The third-order valence-electron chi connectivity index (χ3n) is 4.81. The van der Waals surface area contributed by atoms with E-state index in [1.54, 1.807) is 0 Å². The number of piperazine rings is 1. The van der Waals surface area contributed by atoms with Gasteiger partial charge in [0.2, 0.25) is 0 Å². The van der Waals surface area contributed by atoms with Gasteiger partial charge in [-0.2, -0.15) is 0 Å². The summed E-state index contributed by atoms with van der Waals surface area (Å²) in [6.07, 6.45) is 3.68. The lowest BCUT2D eigenvalue weighted by Gasteiger charge is -2.36. The molecule has 0 spiro atoms. The number of hydrogen-bond donors (Lipinski definition) is 0. The van der Waals surface area contributed by atoms with Crippen molar-refractivity contribution < 1.29 is 4.74 Å². The van der Waals surface area contributed by atoms with Crippen LogP contribution < -0.4 is 14.5 Å². The van der Waals surface area contributed by atoms with Crippen LogP contribution in [0.4, 0.5) is 11.5 Å². The van der Waals surface area contributed by atoms with E-state index in [4.69, 9.17) is 9.72 Å². The Hall–Kier alpha value is -3.08. The Bertz CT molecular complexity index is 859. The lowest BCUT2D eigenvalue weighted by atomic mass is 10.1. The molecule has 1 aliphatic rings. The van der Waals surface area contributed by atoms with Gasteiger partial charge in [-0.15, -0.1) is 0 Å².